The molecule has 1 aromatic heterocycles. The van der Waals surface area contributed by atoms with Crippen LogP contribution in [0, 0.1) is 0 Å². The van der Waals surface area contributed by atoms with Gasteiger partial charge in [-0.1, -0.05) is 18.7 Å². The van der Waals surface area contributed by atoms with Gasteiger partial charge in [-0.25, -0.2) is 4.98 Å². The van der Waals surface area contributed by atoms with Gasteiger partial charge in [0, 0.05) is 24.5 Å². The normalized spacial score (nSPS) is 13.2. The molecule has 170 valence electrons. The molecule has 7 nitrogen and oxygen atoms in total. The van der Waals surface area contributed by atoms with E-state index >= 15 is 0 Å². The predicted molar refractivity (Wildman–Crippen MR) is 117 cm³/mol. The third kappa shape index (κ3) is 4.89. The number of aromatic amines is 1. The molecule has 0 atom stereocenters. The largest absolute Gasteiger partial charge is 0.416 e. The summed E-state index contributed by atoms with van der Waals surface area (Å²) < 4.78 is 38.4. The number of imidazole rings is 1. The van der Waals surface area contributed by atoms with Gasteiger partial charge in [0.1, 0.15) is 5.69 Å². The molecule has 0 aliphatic carbocycles. The summed E-state index contributed by atoms with van der Waals surface area (Å²) in [5.41, 5.74) is 2.81. The van der Waals surface area contributed by atoms with Gasteiger partial charge in [0.25, 0.3) is 5.91 Å². The first-order valence-corrected chi connectivity index (χ1v) is 10.1. The highest BCUT2D eigenvalue weighted by molar-refractivity contribution is 5.98. The van der Waals surface area contributed by atoms with Gasteiger partial charge in [0.15, 0.2) is 0 Å². The average Bonchev–Trinajstić information content (AvgIpc) is 3.26. The van der Waals surface area contributed by atoms with Crippen LogP contribution in [0.5, 0.6) is 0 Å². The summed E-state index contributed by atoms with van der Waals surface area (Å²) in [7, 11) is 0. The first-order valence-electron chi connectivity index (χ1n) is 10.1. The van der Waals surface area contributed by atoms with Gasteiger partial charge < -0.3 is 15.2 Å². The molecule has 1 aliphatic rings. The van der Waals surface area contributed by atoms with Crippen LogP contribution in [-0.4, -0.2) is 33.2 Å². The van der Waals surface area contributed by atoms with Crippen molar-refractivity contribution in [3.63, 3.8) is 0 Å². The van der Waals surface area contributed by atoms with Gasteiger partial charge in [-0.2, -0.15) is 13.2 Å². The molecular formula is C23H20F3N5O2. The maximum Gasteiger partial charge on any atom is 0.416 e. The molecular weight excluding hydrogens is 435 g/mol. The minimum atomic E-state index is -4.38. The Labute approximate surface area is 187 Å². The van der Waals surface area contributed by atoms with E-state index in [1.165, 1.54) is 18.3 Å². The van der Waals surface area contributed by atoms with E-state index in [0.717, 1.165) is 35.0 Å². The molecule has 0 spiro atoms. The van der Waals surface area contributed by atoms with Gasteiger partial charge in [0.05, 0.1) is 11.8 Å². The second-order valence-electron chi connectivity index (χ2n) is 7.46. The van der Waals surface area contributed by atoms with Crippen LogP contribution in [0.25, 0.3) is 0 Å². The fraction of sp³-hybridized carbons (Fsp3) is 0.174. The topological polar surface area (TPSA) is 90.1 Å². The molecule has 1 aliphatic heterocycles. The number of carbonyl (C=O) groups excluding carboxylic acids is 2. The Morgan fingerprint density at radius 3 is 2.61 bits per heavy atom. The molecule has 3 N–H and O–H groups in total. The van der Waals surface area contributed by atoms with Crippen molar-refractivity contribution in [1.82, 2.24) is 14.9 Å². The molecule has 2 heterocycles. The van der Waals surface area contributed by atoms with E-state index < -0.39 is 17.6 Å². The lowest BCUT2D eigenvalue weighted by Crippen LogP contribution is -2.36. The molecule has 3 aromatic rings. The van der Waals surface area contributed by atoms with Crippen LogP contribution in [0.1, 0.15) is 27.2 Å². The van der Waals surface area contributed by atoms with Crippen LogP contribution >= 0.6 is 0 Å². The number of carbonyl (C=O) groups is 2. The van der Waals surface area contributed by atoms with Gasteiger partial charge in [-0.3, -0.25) is 14.9 Å². The second kappa shape index (κ2) is 8.81. The van der Waals surface area contributed by atoms with Crippen molar-refractivity contribution in [2.24, 2.45) is 0 Å². The summed E-state index contributed by atoms with van der Waals surface area (Å²) in [5.74, 6) is -0.541. The Hall–Kier alpha value is -4.08. The molecule has 4 rings (SSSR count). The number of alkyl halides is 3. The number of anilines is 3. The van der Waals surface area contributed by atoms with Crippen LogP contribution in [0.15, 0.2) is 61.3 Å². The van der Waals surface area contributed by atoms with Crippen LogP contribution < -0.4 is 10.6 Å². The van der Waals surface area contributed by atoms with Gasteiger partial charge in [-0.15, -0.1) is 0 Å². The van der Waals surface area contributed by atoms with Crippen LogP contribution in [0.2, 0.25) is 0 Å². The van der Waals surface area contributed by atoms with Crippen LogP contribution in [0.4, 0.5) is 30.5 Å². The standard InChI is InChI=1S/C23H20F3N5O2/c1-2-20(32)30-22-27-12-19(29-22)21(33)31-11-10-17-14(13-31)4-3-5-18(17)28-16-8-6-15(7-9-16)23(24,25)26/h2-9,12,28H,1,10-11,13H2,(H2,27,29,30,32). The highest BCUT2D eigenvalue weighted by Gasteiger charge is 2.30. The van der Waals surface area contributed by atoms with Gasteiger partial charge in [-0.05, 0) is 54.0 Å². The van der Waals surface area contributed by atoms with Crippen molar-refractivity contribution in [1.29, 1.82) is 0 Å². The fourth-order valence-electron chi connectivity index (χ4n) is 3.63. The SMILES string of the molecule is C=CC(=O)Nc1ncc(C(=O)N2CCc3c(cccc3Nc3ccc(C(F)(F)F)cc3)C2)[nH]1. The van der Waals surface area contributed by atoms with Crippen LogP contribution in [-0.2, 0) is 23.9 Å². The third-order valence-electron chi connectivity index (χ3n) is 5.28. The van der Waals surface area contributed by atoms with E-state index in [1.54, 1.807) is 4.90 Å². The van der Waals surface area contributed by atoms with Crippen molar-refractivity contribution in [3.8, 4) is 0 Å². The summed E-state index contributed by atoms with van der Waals surface area (Å²) >= 11 is 0. The number of benzene rings is 2. The zero-order valence-corrected chi connectivity index (χ0v) is 17.4. The van der Waals surface area contributed by atoms with Crippen molar-refractivity contribution in [2.75, 3.05) is 17.2 Å². The Morgan fingerprint density at radius 2 is 1.91 bits per heavy atom. The average molecular weight is 455 g/mol. The third-order valence-corrected chi connectivity index (χ3v) is 5.28. The summed E-state index contributed by atoms with van der Waals surface area (Å²) in [5, 5.41) is 5.64. The van der Waals surface area contributed by atoms with E-state index in [0.29, 0.717) is 25.2 Å². The lowest BCUT2D eigenvalue weighted by atomic mass is 9.97. The van der Waals surface area contributed by atoms with Crippen molar-refractivity contribution in [2.45, 2.75) is 19.1 Å². The van der Waals surface area contributed by atoms with Crippen LogP contribution in [0.3, 0.4) is 0 Å². The predicted octanol–water partition coefficient (Wildman–Crippen LogP) is 4.50. The van der Waals surface area contributed by atoms with Gasteiger partial charge in [0.2, 0.25) is 11.9 Å². The number of H-pyrrole nitrogens is 1. The Bertz CT molecular complexity index is 1200. The monoisotopic (exact) mass is 455 g/mol. The van der Waals surface area contributed by atoms with E-state index in [1.807, 2.05) is 18.2 Å². The summed E-state index contributed by atoms with van der Waals surface area (Å²) in [6, 6.07) is 10.5. The quantitative estimate of drug-likeness (QED) is 0.495. The zero-order chi connectivity index (χ0) is 23.6. The minimum Gasteiger partial charge on any atom is -0.355 e. The smallest absolute Gasteiger partial charge is 0.355 e. The summed E-state index contributed by atoms with van der Waals surface area (Å²) in [4.78, 5) is 32.7. The summed E-state index contributed by atoms with van der Waals surface area (Å²) in [6.07, 6.45) is -1.35. The molecule has 0 bridgehead atoms. The van der Waals surface area contributed by atoms with Gasteiger partial charge >= 0.3 is 6.18 Å². The highest BCUT2D eigenvalue weighted by Crippen LogP contribution is 2.32. The lowest BCUT2D eigenvalue weighted by Gasteiger charge is -2.30. The van der Waals surface area contributed by atoms with E-state index in [-0.39, 0.29) is 17.5 Å². The first kappa shape index (κ1) is 22.1. The molecule has 0 fully saturated rings. The van der Waals surface area contributed by atoms with E-state index in [9.17, 15) is 22.8 Å². The number of nitrogens with zero attached hydrogens (tertiary/aromatic N) is 2. The van der Waals surface area contributed by atoms with E-state index in [4.69, 9.17) is 0 Å². The fourth-order valence-corrected chi connectivity index (χ4v) is 3.63. The highest BCUT2D eigenvalue weighted by atomic mass is 19.4. The van der Waals surface area contributed by atoms with E-state index in [2.05, 4.69) is 27.2 Å². The number of rotatable bonds is 5. The number of halogens is 3. The maximum absolute atomic E-state index is 12.9. The van der Waals surface area contributed by atoms with Crippen molar-refractivity contribution >= 4 is 29.1 Å². The van der Waals surface area contributed by atoms with Crippen molar-refractivity contribution in [3.05, 3.63) is 83.7 Å². The molecule has 0 radical (unpaired) electrons. The second-order valence-corrected chi connectivity index (χ2v) is 7.46. The Morgan fingerprint density at radius 1 is 1.15 bits per heavy atom. The molecule has 0 saturated heterocycles. The number of hydrogen-bond donors (Lipinski definition) is 3. The Kier molecular flexibility index (Phi) is 5.91. The summed E-state index contributed by atoms with van der Waals surface area (Å²) in [6.45, 7) is 4.18. The lowest BCUT2D eigenvalue weighted by molar-refractivity contribution is -0.137. The first-order chi connectivity index (χ1) is 15.7. The maximum atomic E-state index is 12.9. The zero-order valence-electron chi connectivity index (χ0n) is 17.4. The molecule has 0 saturated carbocycles. The van der Waals surface area contributed by atoms with Crippen molar-refractivity contribution < 1.29 is 22.8 Å². The molecule has 33 heavy (non-hydrogen) atoms. The number of fused-ring (bicyclic) bond motifs is 1. The molecule has 0 unspecified atom stereocenters. The number of nitrogens with one attached hydrogen (secondary N) is 3. The number of amides is 2. The molecule has 2 amide bonds. The number of aromatic nitrogens is 2. The molecule has 10 heteroatoms. The Balaban J connectivity index is 1.47. The number of hydrogen-bond acceptors (Lipinski definition) is 4. The minimum absolute atomic E-state index is 0.156. The molecule has 2 aromatic carbocycles.